The lowest BCUT2D eigenvalue weighted by Gasteiger charge is -2.19. The van der Waals surface area contributed by atoms with Gasteiger partial charge in [0.05, 0.1) is 10.7 Å². The van der Waals surface area contributed by atoms with Gasteiger partial charge in [-0.25, -0.2) is 4.79 Å². The van der Waals surface area contributed by atoms with Crippen LogP contribution in [0.5, 0.6) is 0 Å². The zero-order valence-electron chi connectivity index (χ0n) is 13.5. The first-order valence-electron chi connectivity index (χ1n) is 7.99. The minimum atomic E-state index is -0.397. The molecule has 0 bridgehead atoms. The summed E-state index contributed by atoms with van der Waals surface area (Å²) in [6.45, 7) is 2.77. The Hall–Kier alpha value is -2.24. The van der Waals surface area contributed by atoms with Crippen molar-refractivity contribution in [2.45, 2.75) is 18.2 Å². The van der Waals surface area contributed by atoms with Crippen molar-refractivity contribution in [3.8, 4) is 0 Å². The van der Waals surface area contributed by atoms with Crippen LogP contribution in [0.1, 0.15) is 12.5 Å². The van der Waals surface area contributed by atoms with Gasteiger partial charge in [-0.2, -0.15) is 0 Å². The predicted molar refractivity (Wildman–Crippen MR) is 101 cm³/mol. The normalized spacial score (nSPS) is 19.0. The number of hydrogen-bond acceptors (Lipinski definition) is 5. The fourth-order valence-corrected chi connectivity index (χ4v) is 4.41. The Kier molecular flexibility index (Phi) is 4.27. The molecular formula is C19H15ClN2O2S. The molecule has 4 nitrogen and oxygen atoms in total. The summed E-state index contributed by atoms with van der Waals surface area (Å²) in [5.74, 6) is -0.397. The molecule has 0 unspecified atom stereocenters. The highest BCUT2D eigenvalue weighted by Crippen LogP contribution is 2.48. The number of fused-ring (bicyclic) bond motifs is 1. The third-order valence-corrected chi connectivity index (χ3v) is 5.56. The lowest BCUT2D eigenvalue weighted by atomic mass is 10.0. The number of nitrogens with zero attached hydrogens (tertiary/aromatic N) is 2. The highest BCUT2D eigenvalue weighted by molar-refractivity contribution is 8.03. The van der Waals surface area contributed by atoms with Crippen LogP contribution in [0, 0.1) is 0 Å². The minimum Gasteiger partial charge on any atom is -0.334 e. The van der Waals surface area contributed by atoms with Gasteiger partial charge in [-0.05, 0) is 30.7 Å². The monoisotopic (exact) mass is 370 g/mol. The molecule has 0 amide bonds. The topological polar surface area (TPSA) is 41.9 Å². The van der Waals surface area contributed by atoms with E-state index in [1.165, 1.54) is 0 Å². The van der Waals surface area contributed by atoms with E-state index in [1.54, 1.807) is 11.8 Å². The summed E-state index contributed by atoms with van der Waals surface area (Å²) in [6, 6.07) is 15.7. The Bertz CT molecular complexity index is 909. The number of halogens is 1. The standard InChI is InChI=1S/C19H15ClN2O2S/c1-2-22-15-11-13(20)8-9-16(15)25-18(22)17-14(21-24-19(17)23)10-12-6-4-3-5-7-12/h3-9,11H,2,10H2,1H3/b18-17+. The lowest BCUT2D eigenvalue weighted by molar-refractivity contribution is -0.136. The molecule has 0 saturated carbocycles. The fourth-order valence-electron chi connectivity index (χ4n) is 2.98. The Morgan fingerprint density at radius 2 is 2.00 bits per heavy atom. The second kappa shape index (κ2) is 6.58. The molecular weight excluding hydrogens is 356 g/mol. The highest BCUT2D eigenvalue weighted by Gasteiger charge is 2.36. The van der Waals surface area contributed by atoms with E-state index in [0.29, 0.717) is 22.7 Å². The third-order valence-electron chi connectivity index (χ3n) is 4.14. The number of anilines is 1. The number of carbonyl (C=O) groups excluding carboxylic acids is 1. The van der Waals surface area contributed by atoms with Crippen LogP contribution >= 0.6 is 23.4 Å². The number of thioether (sulfide) groups is 1. The van der Waals surface area contributed by atoms with Gasteiger partial charge in [-0.15, -0.1) is 0 Å². The molecule has 0 radical (unpaired) electrons. The fraction of sp³-hybridized carbons (Fsp3) is 0.158. The summed E-state index contributed by atoms with van der Waals surface area (Å²) in [5.41, 5.74) is 3.31. The van der Waals surface area contributed by atoms with Gasteiger partial charge in [0.15, 0.2) is 0 Å². The van der Waals surface area contributed by atoms with Crippen LogP contribution in [0.15, 0.2) is 69.2 Å². The maximum Gasteiger partial charge on any atom is 0.370 e. The minimum absolute atomic E-state index is 0.397. The molecule has 2 heterocycles. The number of carbonyl (C=O) groups is 1. The summed E-state index contributed by atoms with van der Waals surface area (Å²) in [7, 11) is 0. The molecule has 2 aliphatic rings. The summed E-state index contributed by atoms with van der Waals surface area (Å²) in [5, 5.41) is 5.57. The van der Waals surface area contributed by atoms with Crippen molar-refractivity contribution in [1.29, 1.82) is 0 Å². The summed E-state index contributed by atoms with van der Waals surface area (Å²) in [4.78, 5) is 20.6. The predicted octanol–water partition coefficient (Wildman–Crippen LogP) is 4.64. The molecule has 0 aliphatic carbocycles. The SMILES string of the molecule is CCN1/C(=C2\C(=O)ON=C2Cc2ccccc2)Sc2ccc(Cl)cc21. The van der Waals surface area contributed by atoms with Gasteiger partial charge in [-0.3, -0.25) is 0 Å². The maximum absolute atomic E-state index is 12.4. The van der Waals surface area contributed by atoms with Crippen LogP contribution in [0.2, 0.25) is 5.02 Å². The smallest absolute Gasteiger partial charge is 0.334 e. The lowest BCUT2D eigenvalue weighted by Crippen LogP contribution is -2.22. The van der Waals surface area contributed by atoms with Crippen LogP contribution in [-0.2, 0) is 16.1 Å². The van der Waals surface area contributed by atoms with E-state index in [0.717, 1.165) is 27.7 Å². The first-order chi connectivity index (χ1) is 12.2. The first kappa shape index (κ1) is 16.2. The van der Waals surface area contributed by atoms with E-state index in [-0.39, 0.29) is 0 Å². The summed E-state index contributed by atoms with van der Waals surface area (Å²) < 4.78 is 0. The van der Waals surface area contributed by atoms with E-state index >= 15 is 0 Å². The second-order valence-electron chi connectivity index (χ2n) is 5.72. The van der Waals surface area contributed by atoms with Gasteiger partial charge < -0.3 is 9.74 Å². The van der Waals surface area contributed by atoms with E-state index < -0.39 is 5.97 Å². The molecule has 6 heteroatoms. The quantitative estimate of drug-likeness (QED) is 0.583. The zero-order chi connectivity index (χ0) is 17.4. The van der Waals surface area contributed by atoms with E-state index in [4.69, 9.17) is 16.4 Å². The van der Waals surface area contributed by atoms with E-state index in [9.17, 15) is 4.79 Å². The van der Waals surface area contributed by atoms with Crippen LogP contribution in [-0.4, -0.2) is 18.2 Å². The van der Waals surface area contributed by atoms with Gasteiger partial charge in [-0.1, -0.05) is 58.9 Å². The molecule has 2 aromatic carbocycles. The van der Waals surface area contributed by atoms with Crippen molar-refractivity contribution in [2.24, 2.45) is 5.16 Å². The average Bonchev–Trinajstić information content (AvgIpc) is 3.15. The molecule has 0 fully saturated rings. The second-order valence-corrected chi connectivity index (χ2v) is 7.18. The highest BCUT2D eigenvalue weighted by atomic mass is 35.5. The van der Waals surface area contributed by atoms with Gasteiger partial charge >= 0.3 is 5.97 Å². The van der Waals surface area contributed by atoms with Crippen molar-refractivity contribution < 1.29 is 9.63 Å². The van der Waals surface area contributed by atoms with Crippen molar-refractivity contribution in [1.82, 2.24) is 0 Å². The van der Waals surface area contributed by atoms with Crippen molar-refractivity contribution in [2.75, 3.05) is 11.4 Å². The van der Waals surface area contributed by atoms with Gasteiger partial charge in [0.1, 0.15) is 11.3 Å². The van der Waals surface area contributed by atoms with Crippen molar-refractivity contribution in [3.63, 3.8) is 0 Å². The van der Waals surface area contributed by atoms with Crippen LogP contribution < -0.4 is 4.90 Å². The first-order valence-corrected chi connectivity index (χ1v) is 9.18. The van der Waals surface area contributed by atoms with Gasteiger partial charge in [0, 0.05) is 22.9 Å². The van der Waals surface area contributed by atoms with Gasteiger partial charge in [0.25, 0.3) is 0 Å². The molecule has 0 aromatic heterocycles. The Labute approximate surface area is 155 Å². The largest absolute Gasteiger partial charge is 0.370 e. The third kappa shape index (κ3) is 2.94. The molecule has 2 aliphatic heterocycles. The van der Waals surface area contributed by atoms with Crippen molar-refractivity contribution in [3.05, 3.63) is 69.7 Å². The van der Waals surface area contributed by atoms with Crippen LogP contribution in [0.4, 0.5) is 5.69 Å². The molecule has 0 spiro atoms. The molecule has 2 aromatic rings. The van der Waals surface area contributed by atoms with Crippen LogP contribution in [0.25, 0.3) is 0 Å². The Balaban J connectivity index is 1.75. The Morgan fingerprint density at radius 3 is 2.76 bits per heavy atom. The number of benzene rings is 2. The summed E-state index contributed by atoms with van der Waals surface area (Å²) >= 11 is 7.71. The molecule has 126 valence electrons. The molecule has 0 saturated heterocycles. The molecule has 0 atom stereocenters. The number of oxime groups is 1. The van der Waals surface area contributed by atoms with Crippen LogP contribution in [0.3, 0.4) is 0 Å². The van der Waals surface area contributed by atoms with Gasteiger partial charge in [0.2, 0.25) is 0 Å². The average molecular weight is 371 g/mol. The summed E-state index contributed by atoms with van der Waals surface area (Å²) in [6.07, 6.45) is 0.556. The Morgan fingerprint density at radius 1 is 1.20 bits per heavy atom. The molecule has 0 N–H and O–H groups in total. The molecule has 25 heavy (non-hydrogen) atoms. The molecule has 4 rings (SSSR count). The number of rotatable bonds is 3. The van der Waals surface area contributed by atoms with Crippen molar-refractivity contribution >= 4 is 40.7 Å². The number of hydrogen-bond donors (Lipinski definition) is 0. The maximum atomic E-state index is 12.4. The van der Waals surface area contributed by atoms with E-state index in [2.05, 4.69) is 10.1 Å². The zero-order valence-corrected chi connectivity index (χ0v) is 15.1. The van der Waals surface area contributed by atoms with E-state index in [1.807, 2.05) is 55.5 Å².